The Morgan fingerprint density at radius 3 is 2.50 bits per heavy atom. The quantitative estimate of drug-likeness (QED) is 0.769. The maximum Gasteiger partial charge on any atom is 0.254 e. The molecule has 2 rings (SSSR count). The van der Waals surface area contributed by atoms with E-state index in [1.165, 1.54) is 14.2 Å². The summed E-state index contributed by atoms with van der Waals surface area (Å²) in [5, 5.41) is 10.1. The standard InChI is InChI=1S/C21H32N2O5/c1-6-7-16(24)11-22-13-21(2,3)14-23(12-19(22)25)20(26)15-8-9-17(27-4)18(10-15)28-5/h8-10,16,24H,6-7,11-14H2,1-5H3. The lowest BCUT2D eigenvalue weighted by atomic mass is 9.92. The third-order valence-electron chi connectivity index (χ3n) is 4.89. The van der Waals surface area contributed by atoms with Crippen molar-refractivity contribution in [1.29, 1.82) is 0 Å². The molecule has 7 heteroatoms. The van der Waals surface area contributed by atoms with Crippen LogP contribution in [0.4, 0.5) is 0 Å². The first-order valence-corrected chi connectivity index (χ1v) is 9.68. The molecule has 0 aliphatic carbocycles. The van der Waals surface area contributed by atoms with Crippen LogP contribution in [0.1, 0.15) is 44.0 Å². The minimum atomic E-state index is -0.544. The number of aliphatic hydroxyl groups excluding tert-OH is 1. The fourth-order valence-electron chi connectivity index (χ4n) is 3.63. The highest BCUT2D eigenvalue weighted by Crippen LogP contribution is 2.29. The highest BCUT2D eigenvalue weighted by Gasteiger charge is 2.35. The first-order chi connectivity index (χ1) is 13.2. The Balaban J connectivity index is 2.22. The summed E-state index contributed by atoms with van der Waals surface area (Å²) >= 11 is 0. The Morgan fingerprint density at radius 2 is 1.89 bits per heavy atom. The number of hydrogen-bond acceptors (Lipinski definition) is 5. The summed E-state index contributed by atoms with van der Waals surface area (Å²) in [5.74, 6) is 0.647. The average Bonchev–Trinajstić information content (AvgIpc) is 2.76. The first kappa shape index (κ1) is 22.0. The van der Waals surface area contributed by atoms with Crippen molar-refractivity contribution in [3.8, 4) is 11.5 Å². The molecule has 1 aromatic rings. The Hall–Kier alpha value is -2.28. The Labute approximate surface area is 167 Å². The number of carbonyl (C=O) groups excluding carboxylic acids is 2. The first-order valence-electron chi connectivity index (χ1n) is 9.68. The van der Waals surface area contributed by atoms with Crippen molar-refractivity contribution < 1.29 is 24.2 Å². The van der Waals surface area contributed by atoms with E-state index < -0.39 is 6.10 Å². The number of carbonyl (C=O) groups is 2. The molecular formula is C21H32N2O5. The lowest BCUT2D eigenvalue weighted by molar-refractivity contribution is -0.132. The van der Waals surface area contributed by atoms with Crippen molar-refractivity contribution in [2.24, 2.45) is 5.41 Å². The zero-order chi connectivity index (χ0) is 20.9. The van der Waals surface area contributed by atoms with Gasteiger partial charge in [-0.05, 0) is 30.0 Å². The summed E-state index contributed by atoms with van der Waals surface area (Å²) in [6.45, 7) is 7.30. The lowest BCUT2D eigenvalue weighted by Gasteiger charge is -2.31. The Kier molecular flexibility index (Phi) is 7.29. The van der Waals surface area contributed by atoms with Crippen molar-refractivity contribution in [1.82, 2.24) is 9.80 Å². The van der Waals surface area contributed by atoms with Gasteiger partial charge in [-0.3, -0.25) is 9.59 Å². The van der Waals surface area contributed by atoms with Gasteiger partial charge in [0.1, 0.15) is 6.54 Å². The second-order valence-corrected chi connectivity index (χ2v) is 8.11. The average molecular weight is 392 g/mol. The molecule has 1 aliphatic heterocycles. The molecule has 7 nitrogen and oxygen atoms in total. The van der Waals surface area contributed by atoms with Crippen LogP contribution in [0.3, 0.4) is 0 Å². The van der Waals surface area contributed by atoms with E-state index in [4.69, 9.17) is 9.47 Å². The summed E-state index contributed by atoms with van der Waals surface area (Å²) in [6, 6.07) is 4.99. The van der Waals surface area contributed by atoms with E-state index in [0.29, 0.717) is 43.1 Å². The zero-order valence-electron chi connectivity index (χ0n) is 17.5. The summed E-state index contributed by atoms with van der Waals surface area (Å²) in [5.41, 5.74) is 0.158. The molecule has 1 fully saturated rings. The third-order valence-corrected chi connectivity index (χ3v) is 4.89. The van der Waals surface area contributed by atoms with Crippen LogP contribution >= 0.6 is 0 Å². The van der Waals surface area contributed by atoms with Crippen molar-refractivity contribution in [3.05, 3.63) is 23.8 Å². The number of rotatable bonds is 7. The van der Waals surface area contributed by atoms with E-state index in [-0.39, 0.29) is 23.8 Å². The Bertz CT molecular complexity index is 704. The molecule has 1 unspecified atom stereocenters. The SMILES string of the molecule is CCCC(O)CN1CC(C)(C)CN(C(=O)c2ccc(OC)c(OC)c2)CC1=O. The molecule has 1 heterocycles. The number of amides is 2. The fourth-order valence-corrected chi connectivity index (χ4v) is 3.63. The van der Waals surface area contributed by atoms with Crippen LogP contribution in [0.15, 0.2) is 18.2 Å². The van der Waals surface area contributed by atoms with E-state index >= 15 is 0 Å². The van der Waals surface area contributed by atoms with Gasteiger partial charge in [0.05, 0.1) is 20.3 Å². The molecular weight excluding hydrogens is 360 g/mol. The molecule has 0 bridgehead atoms. The molecule has 1 N–H and O–H groups in total. The second-order valence-electron chi connectivity index (χ2n) is 8.11. The maximum absolute atomic E-state index is 13.1. The summed E-state index contributed by atoms with van der Waals surface area (Å²) in [7, 11) is 3.06. The van der Waals surface area contributed by atoms with Gasteiger partial charge in [0.2, 0.25) is 5.91 Å². The molecule has 2 amide bonds. The summed E-state index contributed by atoms with van der Waals surface area (Å²) in [4.78, 5) is 29.1. The molecule has 0 aromatic heterocycles. The molecule has 1 aliphatic rings. The number of nitrogens with zero attached hydrogens (tertiary/aromatic N) is 2. The van der Waals surface area contributed by atoms with Crippen LogP contribution in [0.25, 0.3) is 0 Å². The number of methoxy groups -OCH3 is 2. The minimum Gasteiger partial charge on any atom is -0.493 e. The van der Waals surface area contributed by atoms with Gasteiger partial charge in [0, 0.05) is 25.2 Å². The molecule has 1 saturated heterocycles. The van der Waals surface area contributed by atoms with Crippen LogP contribution < -0.4 is 9.47 Å². The predicted molar refractivity (Wildman–Crippen MR) is 107 cm³/mol. The van der Waals surface area contributed by atoms with Crippen molar-refractivity contribution >= 4 is 11.8 Å². The number of β-amino-alcohol motifs (C(OH)–C–C–N with tert-alkyl or cyclic N) is 1. The van der Waals surface area contributed by atoms with E-state index in [1.807, 2.05) is 20.8 Å². The topological polar surface area (TPSA) is 79.3 Å². The zero-order valence-corrected chi connectivity index (χ0v) is 17.5. The van der Waals surface area contributed by atoms with Gasteiger partial charge in [0.25, 0.3) is 5.91 Å². The molecule has 0 spiro atoms. The number of benzene rings is 1. The van der Waals surface area contributed by atoms with Gasteiger partial charge in [-0.15, -0.1) is 0 Å². The Morgan fingerprint density at radius 1 is 1.21 bits per heavy atom. The fraction of sp³-hybridized carbons (Fsp3) is 0.619. The molecule has 1 atom stereocenters. The van der Waals surface area contributed by atoms with E-state index in [9.17, 15) is 14.7 Å². The second kappa shape index (κ2) is 9.28. The highest BCUT2D eigenvalue weighted by atomic mass is 16.5. The van der Waals surface area contributed by atoms with Gasteiger partial charge in [-0.25, -0.2) is 0 Å². The van der Waals surface area contributed by atoms with Crippen LogP contribution in [0.5, 0.6) is 11.5 Å². The molecule has 0 saturated carbocycles. The van der Waals surface area contributed by atoms with E-state index in [1.54, 1.807) is 28.0 Å². The van der Waals surface area contributed by atoms with Crippen LogP contribution in [0.2, 0.25) is 0 Å². The van der Waals surface area contributed by atoms with Crippen molar-refractivity contribution in [2.75, 3.05) is 40.4 Å². The largest absolute Gasteiger partial charge is 0.493 e. The summed E-state index contributed by atoms with van der Waals surface area (Å²) < 4.78 is 10.5. The van der Waals surface area contributed by atoms with Gasteiger partial charge < -0.3 is 24.4 Å². The smallest absolute Gasteiger partial charge is 0.254 e. The van der Waals surface area contributed by atoms with E-state index in [0.717, 1.165) is 6.42 Å². The van der Waals surface area contributed by atoms with Crippen LogP contribution in [0, 0.1) is 5.41 Å². The van der Waals surface area contributed by atoms with Crippen molar-refractivity contribution in [3.63, 3.8) is 0 Å². The summed E-state index contributed by atoms with van der Waals surface area (Å²) in [6.07, 6.45) is 0.965. The normalized spacial score (nSPS) is 17.9. The third kappa shape index (κ3) is 5.38. The molecule has 28 heavy (non-hydrogen) atoms. The molecule has 1 aromatic carbocycles. The van der Waals surface area contributed by atoms with Gasteiger partial charge in [-0.2, -0.15) is 0 Å². The monoisotopic (exact) mass is 392 g/mol. The maximum atomic E-state index is 13.1. The lowest BCUT2D eigenvalue weighted by Crippen LogP contribution is -2.42. The van der Waals surface area contributed by atoms with Gasteiger partial charge in [-0.1, -0.05) is 27.2 Å². The van der Waals surface area contributed by atoms with Crippen LogP contribution in [-0.4, -0.2) is 73.2 Å². The highest BCUT2D eigenvalue weighted by molar-refractivity contribution is 5.97. The van der Waals surface area contributed by atoms with E-state index in [2.05, 4.69) is 0 Å². The van der Waals surface area contributed by atoms with Gasteiger partial charge >= 0.3 is 0 Å². The number of hydrogen-bond donors (Lipinski definition) is 1. The minimum absolute atomic E-state index is 0.00451. The van der Waals surface area contributed by atoms with Crippen molar-refractivity contribution in [2.45, 2.75) is 39.7 Å². The predicted octanol–water partition coefficient (Wildman–Crippen LogP) is 2.18. The van der Waals surface area contributed by atoms with Gasteiger partial charge in [0.15, 0.2) is 11.5 Å². The number of ether oxygens (including phenoxy) is 2. The number of aliphatic hydroxyl groups is 1. The molecule has 156 valence electrons. The molecule has 0 radical (unpaired) electrons. The van der Waals surface area contributed by atoms with Crippen LogP contribution in [-0.2, 0) is 4.79 Å².